The van der Waals surface area contributed by atoms with Gasteiger partial charge in [0.15, 0.2) is 22.3 Å². The second kappa shape index (κ2) is 8.95. The molecular formula is C20H23N3O5S. The molecule has 0 spiro atoms. The van der Waals surface area contributed by atoms with E-state index in [4.69, 9.17) is 18.9 Å². The molecule has 1 aromatic carbocycles. The molecule has 0 N–H and O–H groups in total. The fourth-order valence-electron chi connectivity index (χ4n) is 2.58. The van der Waals surface area contributed by atoms with Gasteiger partial charge in [-0.3, -0.25) is 0 Å². The highest BCUT2D eigenvalue weighted by Crippen LogP contribution is 2.34. The number of thiazole rings is 1. The third kappa shape index (κ3) is 4.51. The van der Waals surface area contributed by atoms with Crippen LogP contribution in [0.5, 0.6) is 17.4 Å². The standard InChI is InChI=1S/C20H23N3O5S/c1-6-26-14-9-8-12(10-15(14)27-7-2)17-21-13(19(24)28-17)11-16-18(25-5)22-20(29-16)23(3)4/h8-11H,6-7H2,1-5H3/b13-11+. The molecule has 2 aromatic rings. The lowest BCUT2D eigenvalue weighted by Gasteiger charge is -2.11. The first-order chi connectivity index (χ1) is 14.0. The van der Waals surface area contributed by atoms with Gasteiger partial charge < -0.3 is 23.8 Å². The molecular weight excluding hydrogens is 394 g/mol. The summed E-state index contributed by atoms with van der Waals surface area (Å²) in [5, 5.41) is 0.761. The number of anilines is 1. The maximum atomic E-state index is 12.4. The van der Waals surface area contributed by atoms with E-state index in [2.05, 4.69) is 9.98 Å². The van der Waals surface area contributed by atoms with Gasteiger partial charge in [0.05, 0.1) is 25.2 Å². The predicted molar refractivity (Wildman–Crippen MR) is 112 cm³/mol. The van der Waals surface area contributed by atoms with E-state index in [-0.39, 0.29) is 11.6 Å². The Kier molecular flexibility index (Phi) is 6.38. The monoisotopic (exact) mass is 417 g/mol. The van der Waals surface area contributed by atoms with E-state index in [9.17, 15) is 4.79 Å². The second-order valence-electron chi connectivity index (χ2n) is 6.13. The molecule has 1 aliphatic rings. The summed E-state index contributed by atoms with van der Waals surface area (Å²) in [7, 11) is 5.31. The second-order valence-corrected chi connectivity index (χ2v) is 7.14. The zero-order valence-electron chi connectivity index (χ0n) is 17.0. The Hall–Kier alpha value is -3.07. The van der Waals surface area contributed by atoms with E-state index in [0.717, 1.165) is 5.13 Å². The van der Waals surface area contributed by atoms with Crippen LogP contribution in [0.2, 0.25) is 0 Å². The predicted octanol–water partition coefficient (Wildman–Crippen LogP) is 3.36. The molecule has 0 radical (unpaired) electrons. The number of cyclic esters (lactones) is 1. The minimum absolute atomic E-state index is 0.180. The Morgan fingerprint density at radius 2 is 1.90 bits per heavy atom. The SMILES string of the molecule is CCOc1ccc(C2=N/C(=C/c3sc(N(C)C)nc3OC)C(=O)O2)cc1OCC. The molecule has 3 rings (SSSR count). The molecule has 1 aliphatic heterocycles. The summed E-state index contributed by atoms with van der Waals surface area (Å²) < 4.78 is 21.9. The lowest BCUT2D eigenvalue weighted by atomic mass is 10.2. The number of hydrogen-bond acceptors (Lipinski definition) is 9. The topological polar surface area (TPSA) is 82.5 Å². The van der Waals surface area contributed by atoms with E-state index in [0.29, 0.717) is 41.0 Å². The zero-order valence-corrected chi connectivity index (χ0v) is 17.8. The van der Waals surface area contributed by atoms with Gasteiger partial charge in [-0.1, -0.05) is 11.3 Å². The highest BCUT2D eigenvalue weighted by Gasteiger charge is 2.26. The van der Waals surface area contributed by atoms with Crippen LogP contribution in [0.25, 0.3) is 6.08 Å². The number of methoxy groups -OCH3 is 1. The summed E-state index contributed by atoms with van der Waals surface area (Å²) in [6.45, 7) is 4.80. The van der Waals surface area contributed by atoms with Gasteiger partial charge in [0.1, 0.15) is 0 Å². The van der Waals surface area contributed by atoms with Crippen LogP contribution < -0.4 is 19.1 Å². The molecule has 1 aromatic heterocycles. The molecule has 29 heavy (non-hydrogen) atoms. The van der Waals surface area contributed by atoms with Crippen molar-refractivity contribution in [3.8, 4) is 17.4 Å². The van der Waals surface area contributed by atoms with Crippen LogP contribution in [0.1, 0.15) is 24.3 Å². The van der Waals surface area contributed by atoms with Crippen molar-refractivity contribution in [1.82, 2.24) is 4.98 Å². The van der Waals surface area contributed by atoms with Crippen molar-refractivity contribution in [2.45, 2.75) is 13.8 Å². The minimum atomic E-state index is -0.534. The average Bonchev–Trinajstić information content (AvgIpc) is 3.27. The van der Waals surface area contributed by atoms with Crippen molar-refractivity contribution in [1.29, 1.82) is 0 Å². The van der Waals surface area contributed by atoms with Gasteiger partial charge in [0, 0.05) is 19.7 Å². The van der Waals surface area contributed by atoms with Gasteiger partial charge >= 0.3 is 5.97 Å². The molecule has 0 fully saturated rings. The lowest BCUT2D eigenvalue weighted by molar-refractivity contribution is -0.129. The van der Waals surface area contributed by atoms with Crippen molar-refractivity contribution in [3.63, 3.8) is 0 Å². The van der Waals surface area contributed by atoms with Gasteiger partial charge in [-0.25, -0.2) is 9.79 Å². The van der Waals surface area contributed by atoms with Crippen molar-refractivity contribution in [2.24, 2.45) is 4.99 Å². The van der Waals surface area contributed by atoms with Crippen molar-refractivity contribution in [3.05, 3.63) is 34.3 Å². The van der Waals surface area contributed by atoms with Crippen LogP contribution in [0, 0.1) is 0 Å². The van der Waals surface area contributed by atoms with E-state index >= 15 is 0 Å². The van der Waals surface area contributed by atoms with Gasteiger partial charge in [0.2, 0.25) is 11.8 Å². The molecule has 0 unspecified atom stereocenters. The Morgan fingerprint density at radius 1 is 1.17 bits per heavy atom. The number of ether oxygens (including phenoxy) is 4. The molecule has 0 amide bonds. The van der Waals surface area contributed by atoms with E-state index in [1.165, 1.54) is 18.4 Å². The summed E-state index contributed by atoms with van der Waals surface area (Å²) in [6.07, 6.45) is 1.62. The number of rotatable bonds is 8. The summed E-state index contributed by atoms with van der Waals surface area (Å²) in [5.74, 6) is 1.31. The Morgan fingerprint density at radius 3 is 2.55 bits per heavy atom. The molecule has 8 nitrogen and oxygen atoms in total. The Balaban J connectivity index is 1.94. The van der Waals surface area contributed by atoms with Crippen LogP contribution in [0.3, 0.4) is 0 Å². The number of aromatic nitrogens is 1. The number of carbonyl (C=O) groups is 1. The van der Waals surface area contributed by atoms with Crippen molar-refractivity contribution < 1.29 is 23.7 Å². The first kappa shape index (κ1) is 20.7. The van der Waals surface area contributed by atoms with Crippen LogP contribution in [0.15, 0.2) is 28.9 Å². The van der Waals surface area contributed by atoms with Gasteiger partial charge in [-0.2, -0.15) is 4.98 Å². The number of hydrogen-bond donors (Lipinski definition) is 0. The van der Waals surface area contributed by atoms with Crippen LogP contribution in [0.4, 0.5) is 5.13 Å². The highest BCUT2D eigenvalue weighted by atomic mass is 32.1. The van der Waals surface area contributed by atoms with Crippen molar-refractivity contribution in [2.75, 3.05) is 39.3 Å². The van der Waals surface area contributed by atoms with Crippen molar-refractivity contribution >= 4 is 34.4 Å². The molecule has 0 aliphatic carbocycles. The summed E-state index contributed by atoms with van der Waals surface area (Å²) in [5.41, 5.74) is 0.804. The first-order valence-electron chi connectivity index (χ1n) is 9.11. The van der Waals surface area contributed by atoms with Gasteiger partial charge in [0.25, 0.3) is 0 Å². The molecule has 0 bridgehead atoms. The molecule has 9 heteroatoms. The highest BCUT2D eigenvalue weighted by molar-refractivity contribution is 7.16. The zero-order chi connectivity index (χ0) is 21.0. The van der Waals surface area contributed by atoms with Crippen LogP contribution in [-0.4, -0.2) is 51.3 Å². The largest absolute Gasteiger partial charge is 0.490 e. The molecule has 154 valence electrons. The van der Waals surface area contributed by atoms with E-state index in [1.807, 2.05) is 32.8 Å². The first-order valence-corrected chi connectivity index (χ1v) is 9.93. The number of benzene rings is 1. The van der Waals surface area contributed by atoms with Gasteiger partial charge in [-0.15, -0.1) is 0 Å². The molecule has 0 atom stereocenters. The fraction of sp³-hybridized carbons (Fsp3) is 0.350. The Bertz CT molecular complexity index is 965. The smallest absolute Gasteiger partial charge is 0.363 e. The Labute approximate surface area is 173 Å². The van der Waals surface area contributed by atoms with Gasteiger partial charge in [-0.05, 0) is 38.1 Å². The van der Waals surface area contributed by atoms with E-state index < -0.39 is 5.97 Å². The normalized spacial score (nSPS) is 14.6. The maximum absolute atomic E-state index is 12.4. The summed E-state index contributed by atoms with van der Waals surface area (Å²) in [4.78, 5) is 23.7. The number of carbonyl (C=O) groups excluding carboxylic acids is 1. The number of nitrogens with zero attached hydrogens (tertiary/aromatic N) is 3. The fourth-order valence-corrected chi connectivity index (χ4v) is 3.47. The van der Waals surface area contributed by atoms with E-state index in [1.54, 1.807) is 24.3 Å². The lowest BCUT2D eigenvalue weighted by Crippen LogP contribution is -2.07. The van der Waals surface area contributed by atoms with Crippen LogP contribution >= 0.6 is 11.3 Å². The summed E-state index contributed by atoms with van der Waals surface area (Å²) in [6, 6.07) is 5.30. The third-order valence-corrected chi connectivity index (χ3v) is 5.02. The molecule has 0 saturated carbocycles. The van der Waals surface area contributed by atoms with Crippen LogP contribution in [-0.2, 0) is 9.53 Å². The maximum Gasteiger partial charge on any atom is 0.363 e. The number of aliphatic imine (C=N–C) groups is 1. The molecule has 2 heterocycles. The minimum Gasteiger partial charge on any atom is -0.490 e. The number of esters is 1. The molecule has 0 saturated heterocycles. The quantitative estimate of drug-likeness (QED) is 0.481. The average molecular weight is 417 g/mol. The summed E-state index contributed by atoms with van der Waals surface area (Å²) >= 11 is 1.39. The third-order valence-electron chi connectivity index (χ3n) is 3.86.